The minimum absolute atomic E-state index is 0. The Morgan fingerprint density at radius 3 is 1.08 bits per heavy atom. The molecule has 0 aromatic rings. The summed E-state index contributed by atoms with van der Waals surface area (Å²) in [5, 5.41) is 42.1. The van der Waals surface area contributed by atoms with E-state index in [0.717, 1.165) is 9.80 Å². The standard InChI is InChI=1S/C12H20N2O8.Fe.Na/c1-8(2-13(4-9(15)16)5-10(17)18)3-14(6-11(19)20)7-12(21)22;;/h8H,2-7H2,1H3,(H,15,16)(H,17,18)(H,19,20)(H,21,22);;/q;+3;+1/p-4. The maximum Gasteiger partial charge on any atom is 3.00 e. The molecular weight excluding hydrogens is 379 g/mol. The molecule has 0 fully saturated rings. The minimum atomic E-state index is -1.48. The van der Waals surface area contributed by atoms with E-state index in [1.807, 2.05) is 0 Å². The first-order valence-electron chi connectivity index (χ1n) is 6.34. The molecule has 1 radical (unpaired) electrons. The molecule has 0 heterocycles. The van der Waals surface area contributed by atoms with Gasteiger partial charge in [0.05, 0.1) is 23.9 Å². The second-order valence-electron chi connectivity index (χ2n) is 4.93. The molecule has 0 aliphatic heterocycles. The van der Waals surface area contributed by atoms with Crippen molar-refractivity contribution in [1.82, 2.24) is 9.80 Å². The summed E-state index contributed by atoms with van der Waals surface area (Å²) in [6.07, 6.45) is 0. The van der Waals surface area contributed by atoms with Crippen LogP contribution < -0.4 is 50.0 Å². The maximum atomic E-state index is 10.5. The Morgan fingerprint density at radius 1 is 0.708 bits per heavy atom. The number of nitrogens with zero attached hydrogens (tertiary/aromatic N) is 2. The number of carbonyl (C=O) groups is 4. The molecule has 0 saturated heterocycles. The van der Waals surface area contributed by atoms with E-state index in [4.69, 9.17) is 0 Å². The van der Waals surface area contributed by atoms with Crippen LogP contribution in [-0.2, 0) is 36.2 Å². The van der Waals surface area contributed by atoms with Crippen LogP contribution in [0.3, 0.4) is 0 Å². The van der Waals surface area contributed by atoms with Crippen molar-refractivity contribution < 1.29 is 86.2 Å². The third kappa shape index (κ3) is 16.2. The van der Waals surface area contributed by atoms with E-state index >= 15 is 0 Å². The van der Waals surface area contributed by atoms with Crippen molar-refractivity contribution in [3.63, 3.8) is 0 Å². The molecule has 0 bridgehead atoms. The molecule has 24 heavy (non-hydrogen) atoms. The summed E-state index contributed by atoms with van der Waals surface area (Å²) in [5.41, 5.74) is 0. The quantitative estimate of drug-likeness (QED) is 0.289. The van der Waals surface area contributed by atoms with Gasteiger partial charge in [-0.15, -0.1) is 0 Å². The summed E-state index contributed by atoms with van der Waals surface area (Å²) in [7, 11) is 0. The molecule has 10 nitrogen and oxygen atoms in total. The molecule has 0 atom stereocenters. The Balaban J connectivity index is -0.00000220. The summed E-state index contributed by atoms with van der Waals surface area (Å²) >= 11 is 0. The normalized spacial score (nSPS) is 10.2. The molecule has 0 saturated carbocycles. The molecule has 0 aromatic carbocycles. The molecule has 0 aromatic heterocycles. The zero-order valence-corrected chi connectivity index (χ0v) is 16.4. The molecule has 12 heteroatoms. The second kappa shape index (κ2) is 14.6. The van der Waals surface area contributed by atoms with E-state index in [-0.39, 0.29) is 59.7 Å². The van der Waals surface area contributed by atoms with Gasteiger partial charge in [-0.25, -0.2) is 0 Å². The van der Waals surface area contributed by atoms with Gasteiger partial charge in [0.25, 0.3) is 0 Å². The number of carbonyl (C=O) groups excluding carboxylic acids is 4. The number of rotatable bonds is 12. The Morgan fingerprint density at radius 2 is 0.917 bits per heavy atom. The van der Waals surface area contributed by atoms with Gasteiger partial charge in [0.15, 0.2) is 0 Å². The molecule has 0 amide bonds. The summed E-state index contributed by atoms with van der Waals surface area (Å²) in [6.45, 7) is -1.04. The van der Waals surface area contributed by atoms with Gasteiger partial charge >= 0.3 is 46.6 Å². The van der Waals surface area contributed by atoms with Gasteiger partial charge < -0.3 is 39.6 Å². The van der Waals surface area contributed by atoms with Crippen molar-refractivity contribution in [2.24, 2.45) is 5.92 Å². The Labute approximate surface area is 171 Å². The zero-order valence-electron chi connectivity index (χ0n) is 13.3. The summed E-state index contributed by atoms with van der Waals surface area (Å²) in [5.74, 6) is -6.33. The number of hydrogen-bond acceptors (Lipinski definition) is 10. The first kappa shape index (κ1) is 28.1. The summed E-state index contributed by atoms with van der Waals surface area (Å²) < 4.78 is 0. The van der Waals surface area contributed by atoms with Crippen LogP contribution in [0.15, 0.2) is 0 Å². The van der Waals surface area contributed by atoms with Crippen LogP contribution in [-0.4, -0.2) is 72.9 Å². The van der Waals surface area contributed by atoms with Crippen molar-refractivity contribution >= 4 is 23.9 Å². The van der Waals surface area contributed by atoms with Gasteiger partial charge in [-0.3, -0.25) is 9.80 Å². The van der Waals surface area contributed by atoms with E-state index in [1.165, 1.54) is 0 Å². The van der Waals surface area contributed by atoms with Crippen LogP contribution in [0, 0.1) is 5.92 Å². The number of hydrogen-bond donors (Lipinski definition) is 0. The SMILES string of the molecule is CC(CN(CC(=O)[O-])CC(=O)[O-])CN(CC(=O)[O-])CC(=O)[O-].[Fe+3].[Na+]. The van der Waals surface area contributed by atoms with Gasteiger partial charge in [0.2, 0.25) is 0 Å². The van der Waals surface area contributed by atoms with Crippen LogP contribution in [0.5, 0.6) is 0 Å². The molecular formula is C12H16FeN2NaO8. The molecule has 0 unspecified atom stereocenters. The Kier molecular flexibility index (Phi) is 17.2. The monoisotopic (exact) mass is 395 g/mol. The van der Waals surface area contributed by atoms with Gasteiger partial charge in [0, 0.05) is 39.3 Å². The first-order chi connectivity index (χ1) is 10.1. The fourth-order valence-electron chi connectivity index (χ4n) is 2.04. The number of aliphatic carboxylic acids is 4. The van der Waals surface area contributed by atoms with Crippen molar-refractivity contribution in [3.05, 3.63) is 0 Å². The Hall–Kier alpha value is -0.681. The number of carboxylic acid groups (broad SMARTS) is 4. The van der Waals surface area contributed by atoms with Crippen molar-refractivity contribution in [2.75, 3.05) is 39.3 Å². The van der Waals surface area contributed by atoms with Crippen molar-refractivity contribution in [1.29, 1.82) is 0 Å². The van der Waals surface area contributed by atoms with Crippen LogP contribution in [0.25, 0.3) is 0 Å². The minimum Gasteiger partial charge on any atom is -0.549 e. The van der Waals surface area contributed by atoms with Crippen molar-refractivity contribution in [3.8, 4) is 0 Å². The van der Waals surface area contributed by atoms with Crippen LogP contribution in [0.2, 0.25) is 0 Å². The number of carboxylic acids is 4. The topological polar surface area (TPSA) is 167 Å². The predicted molar refractivity (Wildman–Crippen MR) is 62.1 cm³/mol. The zero-order chi connectivity index (χ0) is 17.3. The van der Waals surface area contributed by atoms with Gasteiger partial charge in [-0.1, -0.05) is 6.92 Å². The first-order valence-corrected chi connectivity index (χ1v) is 6.34. The Bertz CT molecular complexity index is 367. The van der Waals surface area contributed by atoms with Crippen LogP contribution >= 0.6 is 0 Å². The largest absolute Gasteiger partial charge is 3.00 e. The third-order valence-electron chi connectivity index (χ3n) is 2.55. The van der Waals surface area contributed by atoms with E-state index in [1.54, 1.807) is 6.92 Å². The molecule has 0 aliphatic rings. The molecule has 0 spiro atoms. The van der Waals surface area contributed by atoms with E-state index < -0.39 is 56.0 Å². The van der Waals surface area contributed by atoms with Crippen molar-refractivity contribution in [2.45, 2.75) is 6.92 Å². The van der Waals surface area contributed by atoms with Gasteiger partial charge in [-0.2, -0.15) is 0 Å². The molecule has 0 aliphatic carbocycles. The average molecular weight is 395 g/mol. The predicted octanol–water partition coefficient (Wildman–Crippen LogP) is -9.77. The molecule has 0 rings (SSSR count). The fraction of sp³-hybridized carbons (Fsp3) is 0.667. The summed E-state index contributed by atoms with van der Waals surface area (Å²) in [6, 6.07) is 0. The third-order valence-corrected chi connectivity index (χ3v) is 2.55. The van der Waals surface area contributed by atoms with Gasteiger partial charge in [-0.05, 0) is 5.92 Å². The fourth-order valence-corrected chi connectivity index (χ4v) is 2.04. The van der Waals surface area contributed by atoms with E-state index in [0.29, 0.717) is 0 Å². The van der Waals surface area contributed by atoms with Gasteiger partial charge in [0.1, 0.15) is 0 Å². The van der Waals surface area contributed by atoms with E-state index in [9.17, 15) is 39.6 Å². The van der Waals surface area contributed by atoms with E-state index in [2.05, 4.69) is 0 Å². The average Bonchev–Trinajstić information content (AvgIpc) is 2.23. The van der Waals surface area contributed by atoms with Crippen LogP contribution in [0.4, 0.5) is 0 Å². The smallest absolute Gasteiger partial charge is 0.549 e. The molecule has 0 N–H and O–H groups in total. The maximum absolute atomic E-state index is 10.5. The summed E-state index contributed by atoms with van der Waals surface area (Å²) in [4.78, 5) is 44.2. The second-order valence-corrected chi connectivity index (χ2v) is 4.93. The van der Waals surface area contributed by atoms with Crippen LogP contribution in [0.1, 0.15) is 6.92 Å². The molecule has 131 valence electrons.